The average Bonchev–Trinajstić information content (AvgIpc) is 3.01. The largest absolute Gasteiger partial charge is 0.490 e. The standard InChI is InChI=1S/C20H25NO4S/c1-13(2)18-12-21-19(26-18)14-9-15(20(22)23-3)11-17(10-14)25-16-5-4-7-24-8-6-16/h9-13,16H,4-8H2,1-3H3. The molecule has 1 saturated heterocycles. The summed E-state index contributed by atoms with van der Waals surface area (Å²) < 4.78 is 16.6. The van der Waals surface area contributed by atoms with Crippen LogP contribution in [-0.2, 0) is 9.47 Å². The van der Waals surface area contributed by atoms with Gasteiger partial charge in [-0.3, -0.25) is 0 Å². The zero-order valence-corrected chi connectivity index (χ0v) is 16.3. The number of aromatic nitrogens is 1. The van der Waals surface area contributed by atoms with Gasteiger partial charge < -0.3 is 14.2 Å². The van der Waals surface area contributed by atoms with E-state index in [9.17, 15) is 4.79 Å². The molecule has 1 aliphatic rings. The Morgan fingerprint density at radius 2 is 2.12 bits per heavy atom. The highest BCUT2D eigenvalue weighted by atomic mass is 32.1. The number of esters is 1. The van der Waals surface area contributed by atoms with Crippen LogP contribution in [0.15, 0.2) is 24.4 Å². The topological polar surface area (TPSA) is 57.7 Å². The fourth-order valence-electron chi connectivity index (χ4n) is 2.90. The molecule has 1 aromatic heterocycles. The first-order valence-electron chi connectivity index (χ1n) is 9.00. The lowest BCUT2D eigenvalue weighted by atomic mass is 10.1. The predicted molar refractivity (Wildman–Crippen MR) is 102 cm³/mol. The van der Waals surface area contributed by atoms with Crippen molar-refractivity contribution in [2.75, 3.05) is 20.3 Å². The Morgan fingerprint density at radius 1 is 1.27 bits per heavy atom. The van der Waals surface area contributed by atoms with Gasteiger partial charge in [-0.15, -0.1) is 11.3 Å². The second kappa shape index (κ2) is 8.64. The van der Waals surface area contributed by atoms with Gasteiger partial charge in [0.1, 0.15) is 16.9 Å². The van der Waals surface area contributed by atoms with Crippen molar-refractivity contribution in [1.82, 2.24) is 4.98 Å². The Kier molecular flexibility index (Phi) is 6.27. The molecule has 1 unspecified atom stereocenters. The summed E-state index contributed by atoms with van der Waals surface area (Å²) in [5.41, 5.74) is 1.36. The molecule has 0 aliphatic carbocycles. The van der Waals surface area contributed by atoms with Gasteiger partial charge in [-0.05, 0) is 37.0 Å². The van der Waals surface area contributed by atoms with Crippen LogP contribution in [0.4, 0.5) is 0 Å². The van der Waals surface area contributed by atoms with Crippen LogP contribution in [0.5, 0.6) is 5.75 Å². The molecule has 6 heteroatoms. The maximum Gasteiger partial charge on any atom is 0.338 e. The van der Waals surface area contributed by atoms with Gasteiger partial charge in [0.2, 0.25) is 0 Å². The lowest BCUT2D eigenvalue weighted by Gasteiger charge is -2.17. The van der Waals surface area contributed by atoms with E-state index in [1.54, 1.807) is 17.4 Å². The molecule has 1 aromatic carbocycles. The molecule has 3 rings (SSSR count). The van der Waals surface area contributed by atoms with E-state index < -0.39 is 0 Å². The van der Waals surface area contributed by atoms with Gasteiger partial charge in [0.25, 0.3) is 0 Å². The van der Waals surface area contributed by atoms with Gasteiger partial charge in [-0.1, -0.05) is 13.8 Å². The van der Waals surface area contributed by atoms with E-state index >= 15 is 0 Å². The zero-order valence-electron chi connectivity index (χ0n) is 15.5. The maximum atomic E-state index is 12.1. The second-order valence-corrected chi connectivity index (χ2v) is 7.81. The summed E-state index contributed by atoms with van der Waals surface area (Å²) >= 11 is 1.64. The number of ether oxygens (including phenoxy) is 3. The number of rotatable bonds is 5. The highest BCUT2D eigenvalue weighted by molar-refractivity contribution is 7.15. The first kappa shape index (κ1) is 18.9. The number of hydrogen-bond acceptors (Lipinski definition) is 6. The van der Waals surface area contributed by atoms with Crippen LogP contribution in [0.2, 0.25) is 0 Å². The van der Waals surface area contributed by atoms with Crippen LogP contribution >= 0.6 is 11.3 Å². The molecule has 0 bridgehead atoms. The third kappa shape index (κ3) is 4.62. The fourth-order valence-corrected chi connectivity index (χ4v) is 3.80. The highest BCUT2D eigenvalue weighted by Crippen LogP contribution is 2.33. The molecule has 1 fully saturated rings. The molecule has 0 saturated carbocycles. The molecule has 0 spiro atoms. The average molecular weight is 375 g/mol. The van der Waals surface area contributed by atoms with E-state index in [-0.39, 0.29) is 12.1 Å². The van der Waals surface area contributed by atoms with Gasteiger partial charge in [0, 0.05) is 29.7 Å². The molecule has 5 nitrogen and oxygen atoms in total. The number of benzene rings is 1. The molecule has 1 aliphatic heterocycles. The van der Waals surface area contributed by atoms with Crippen molar-refractivity contribution in [2.24, 2.45) is 0 Å². The van der Waals surface area contributed by atoms with Crippen molar-refractivity contribution in [3.8, 4) is 16.3 Å². The summed E-state index contributed by atoms with van der Waals surface area (Å²) in [5.74, 6) is 0.726. The summed E-state index contributed by atoms with van der Waals surface area (Å²) in [7, 11) is 1.39. The van der Waals surface area contributed by atoms with E-state index in [0.29, 0.717) is 23.8 Å². The molecule has 2 aromatic rings. The van der Waals surface area contributed by atoms with Crippen LogP contribution < -0.4 is 4.74 Å². The maximum absolute atomic E-state index is 12.1. The van der Waals surface area contributed by atoms with Crippen molar-refractivity contribution in [2.45, 2.75) is 45.1 Å². The van der Waals surface area contributed by atoms with Crippen molar-refractivity contribution in [3.05, 3.63) is 34.8 Å². The molecule has 26 heavy (non-hydrogen) atoms. The smallest absolute Gasteiger partial charge is 0.338 e. The lowest BCUT2D eigenvalue weighted by molar-refractivity contribution is 0.0599. The minimum absolute atomic E-state index is 0.0979. The number of nitrogens with zero attached hydrogens (tertiary/aromatic N) is 1. The Morgan fingerprint density at radius 3 is 2.85 bits per heavy atom. The van der Waals surface area contributed by atoms with Gasteiger partial charge in [0.15, 0.2) is 0 Å². The third-order valence-corrected chi connectivity index (χ3v) is 5.72. The number of thiazole rings is 1. The molecule has 2 heterocycles. The van der Waals surface area contributed by atoms with E-state index in [1.165, 1.54) is 12.0 Å². The van der Waals surface area contributed by atoms with Gasteiger partial charge in [-0.2, -0.15) is 0 Å². The van der Waals surface area contributed by atoms with Crippen molar-refractivity contribution < 1.29 is 19.0 Å². The minimum atomic E-state index is -0.374. The molecule has 1 atom stereocenters. The second-order valence-electron chi connectivity index (χ2n) is 6.74. The normalized spacial score (nSPS) is 17.8. The van der Waals surface area contributed by atoms with Crippen LogP contribution in [0.3, 0.4) is 0 Å². The van der Waals surface area contributed by atoms with E-state index in [0.717, 1.165) is 36.4 Å². The number of carbonyl (C=O) groups is 1. The molecule has 140 valence electrons. The summed E-state index contributed by atoms with van der Waals surface area (Å²) in [4.78, 5) is 17.8. The van der Waals surface area contributed by atoms with Gasteiger partial charge in [0.05, 0.1) is 19.3 Å². The summed E-state index contributed by atoms with van der Waals surface area (Å²) in [6.07, 6.45) is 4.79. The minimum Gasteiger partial charge on any atom is -0.490 e. The molecular weight excluding hydrogens is 350 g/mol. The molecule has 0 N–H and O–H groups in total. The highest BCUT2D eigenvalue weighted by Gasteiger charge is 2.18. The van der Waals surface area contributed by atoms with Crippen molar-refractivity contribution in [3.63, 3.8) is 0 Å². The Balaban J connectivity index is 1.91. The van der Waals surface area contributed by atoms with Crippen LogP contribution in [0.1, 0.15) is 54.3 Å². The summed E-state index contributed by atoms with van der Waals surface area (Å²) in [5, 5.41) is 0.883. The summed E-state index contributed by atoms with van der Waals surface area (Å²) in [6, 6.07) is 5.52. The van der Waals surface area contributed by atoms with Crippen molar-refractivity contribution in [1.29, 1.82) is 0 Å². The SMILES string of the molecule is COC(=O)c1cc(OC2CCCOCC2)cc(-c2ncc(C(C)C)s2)c1. The predicted octanol–water partition coefficient (Wildman–Crippen LogP) is 4.67. The Labute approximate surface area is 158 Å². The number of carbonyl (C=O) groups excluding carboxylic acids is 1. The van der Waals surface area contributed by atoms with Gasteiger partial charge in [-0.25, -0.2) is 9.78 Å². The van der Waals surface area contributed by atoms with Crippen LogP contribution in [0, 0.1) is 0 Å². The Bertz CT molecular complexity index is 748. The first-order chi connectivity index (χ1) is 12.6. The number of methoxy groups -OCH3 is 1. The monoisotopic (exact) mass is 375 g/mol. The van der Waals surface area contributed by atoms with E-state index in [4.69, 9.17) is 14.2 Å². The number of hydrogen-bond donors (Lipinski definition) is 0. The third-order valence-electron chi connectivity index (χ3n) is 4.37. The first-order valence-corrected chi connectivity index (χ1v) is 9.82. The van der Waals surface area contributed by atoms with E-state index in [1.807, 2.05) is 18.3 Å². The quantitative estimate of drug-likeness (QED) is 0.711. The van der Waals surface area contributed by atoms with Crippen LogP contribution in [-0.4, -0.2) is 37.4 Å². The molecule has 0 radical (unpaired) electrons. The van der Waals surface area contributed by atoms with Crippen LogP contribution in [0.25, 0.3) is 10.6 Å². The Hall–Kier alpha value is -1.92. The van der Waals surface area contributed by atoms with E-state index in [2.05, 4.69) is 18.8 Å². The zero-order chi connectivity index (χ0) is 18.5. The molecular formula is C20H25NO4S. The van der Waals surface area contributed by atoms with Crippen molar-refractivity contribution >= 4 is 17.3 Å². The molecule has 0 amide bonds. The lowest BCUT2D eigenvalue weighted by Crippen LogP contribution is -2.17. The van der Waals surface area contributed by atoms with Gasteiger partial charge >= 0.3 is 5.97 Å². The fraction of sp³-hybridized carbons (Fsp3) is 0.500. The summed E-state index contributed by atoms with van der Waals surface area (Å²) in [6.45, 7) is 5.78.